The van der Waals surface area contributed by atoms with Gasteiger partial charge in [0.25, 0.3) is 0 Å². The Morgan fingerprint density at radius 1 is 0.379 bits per heavy atom. The molecule has 1 atom stereocenters. The molecule has 294 valence electrons. The summed E-state index contributed by atoms with van der Waals surface area (Å²) in [4.78, 5) is 14.9. The molecule has 0 spiro atoms. The quantitative estimate of drug-likeness (QED) is 0.0973. The Morgan fingerprint density at radius 3 is 1.19 bits per heavy atom. The van der Waals surface area contributed by atoms with Gasteiger partial charge in [-0.1, -0.05) is 144 Å². The molecule has 0 aliphatic carbocycles. The van der Waals surface area contributed by atoms with Crippen molar-refractivity contribution in [1.82, 2.24) is 15.0 Å². The molecule has 0 saturated heterocycles. The monoisotopic (exact) mass is 765 g/mol. The molecule has 5 nitrogen and oxygen atoms in total. The van der Waals surface area contributed by atoms with Gasteiger partial charge in [0, 0.05) is 22.1 Å². The molecule has 1 aromatic heterocycles. The Kier molecular flexibility index (Phi) is 11.9. The third kappa shape index (κ3) is 8.45. The van der Waals surface area contributed by atoms with Crippen LogP contribution in [0.4, 0.5) is 0 Å². The molecule has 0 saturated carbocycles. The maximum absolute atomic E-state index is 6.42. The number of ether oxygens (including phenoxy) is 2. The van der Waals surface area contributed by atoms with Gasteiger partial charge in [0.1, 0.15) is 22.8 Å². The van der Waals surface area contributed by atoms with Crippen LogP contribution in [0.25, 0.3) is 34.2 Å². The molecule has 6 aromatic carbocycles. The summed E-state index contributed by atoms with van der Waals surface area (Å²) < 4.78 is 12.8. The van der Waals surface area contributed by atoms with E-state index in [1.807, 2.05) is 54.6 Å². The maximum atomic E-state index is 6.42. The van der Waals surface area contributed by atoms with Gasteiger partial charge >= 0.3 is 0 Å². The van der Waals surface area contributed by atoms with Gasteiger partial charge in [-0.05, 0) is 116 Å². The van der Waals surface area contributed by atoms with E-state index in [1.54, 1.807) is 0 Å². The van der Waals surface area contributed by atoms with Gasteiger partial charge in [-0.2, -0.15) is 0 Å². The molecule has 1 unspecified atom stereocenters. The molecule has 0 bridgehead atoms. The Hall–Kier alpha value is -6.07. The highest BCUT2D eigenvalue weighted by molar-refractivity contribution is 5.67. The van der Waals surface area contributed by atoms with Crippen molar-refractivity contribution >= 4 is 0 Å². The first-order valence-electron chi connectivity index (χ1n) is 20.8. The highest BCUT2D eigenvalue weighted by Crippen LogP contribution is 2.41. The number of aromatic nitrogens is 3. The lowest BCUT2D eigenvalue weighted by Gasteiger charge is -2.33. The number of hydrogen-bond acceptors (Lipinski definition) is 5. The summed E-state index contributed by atoms with van der Waals surface area (Å²) in [5.74, 6) is 4.28. The van der Waals surface area contributed by atoms with E-state index in [4.69, 9.17) is 24.4 Å². The fourth-order valence-corrected chi connectivity index (χ4v) is 7.50. The van der Waals surface area contributed by atoms with Crippen LogP contribution in [0.5, 0.6) is 17.2 Å². The topological polar surface area (TPSA) is 57.1 Å². The van der Waals surface area contributed by atoms with Crippen LogP contribution in [-0.2, 0) is 10.8 Å². The van der Waals surface area contributed by atoms with Gasteiger partial charge in [-0.15, -0.1) is 0 Å². The molecule has 0 amide bonds. The number of benzene rings is 6. The largest absolute Gasteiger partial charge is 0.488 e. The van der Waals surface area contributed by atoms with Crippen LogP contribution in [0.2, 0.25) is 0 Å². The summed E-state index contributed by atoms with van der Waals surface area (Å²) in [5, 5.41) is 0. The molecule has 0 fully saturated rings. The molecule has 0 aliphatic rings. The molecule has 1 heterocycles. The number of nitrogens with zero attached hydrogens (tertiary/aromatic N) is 3. The summed E-state index contributed by atoms with van der Waals surface area (Å²) in [6.45, 7) is 15.6. The van der Waals surface area contributed by atoms with Crippen molar-refractivity contribution in [3.05, 3.63) is 180 Å². The summed E-state index contributed by atoms with van der Waals surface area (Å²) >= 11 is 0. The lowest BCUT2D eigenvalue weighted by molar-refractivity contribution is 0.0802. The Labute approximate surface area is 345 Å². The minimum atomic E-state index is -0.394. The lowest BCUT2D eigenvalue weighted by atomic mass is 9.71. The normalized spacial score (nSPS) is 12.8. The number of rotatable bonds is 15. The second-order valence-electron chi connectivity index (χ2n) is 15.9. The van der Waals surface area contributed by atoms with E-state index in [9.17, 15) is 0 Å². The molecular formula is C53H55N3O2. The minimum absolute atomic E-state index is 0.140. The van der Waals surface area contributed by atoms with Crippen molar-refractivity contribution in [2.24, 2.45) is 0 Å². The van der Waals surface area contributed by atoms with Crippen LogP contribution < -0.4 is 9.47 Å². The van der Waals surface area contributed by atoms with E-state index in [0.717, 1.165) is 59.6 Å². The van der Waals surface area contributed by atoms with E-state index >= 15 is 0 Å². The predicted octanol–water partition coefficient (Wildman–Crippen LogP) is 14.1. The molecule has 0 aliphatic heterocycles. The highest BCUT2D eigenvalue weighted by Gasteiger charge is 2.32. The van der Waals surface area contributed by atoms with Crippen LogP contribution in [-0.4, -0.2) is 20.6 Å². The Bertz CT molecular complexity index is 2390. The Morgan fingerprint density at radius 2 is 0.741 bits per heavy atom. The van der Waals surface area contributed by atoms with Gasteiger partial charge in [0.05, 0.1) is 0 Å². The van der Waals surface area contributed by atoms with E-state index in [2.05, 4.69) is 152 Å². The summed E-state index contributed by atoms with van der Waals surface area (Å²) in [6.07, 6.45) is 4.07. The first-order valence-corrected chi connectivity index (χ1v) is 20.8. The molecular weight excluding hydrogens is 711 g/mol. The van der Waals surface area contributed by atoms with Crippen molar-refractivity contribution in [2.45, 2.75) is 90.6 Å². The molecule has 0 radical (unpaired) electrons. The van der Waals surface area contributed by atoms with E-state index in [-0.39, 0.29) is 11.0 Å². The van der Waals surface area contributed by atoms with Gasteiger partial charge in [0.15, 0.2) is 17.5 Å². The first-order chi connectivity index (χ1) is 28.1. The first kappa shape index (κ1) is 40.1. The third-order valence-corrected chi connectivity index (χ3v) is 12.5. The molecule has 5 heteroatoms. The minimum Gasteiger partial charge on any atom is -0.488 e. The van der Waals surface area contributed by atoms with Gasteiger partial charge in [0.2, 0.25) is 0 Å². The molecule has 7 aromatic rings. The predicted molar refractivity (Wildman–Crippen MR) is 239 cm³/mol. The van der Waals surface area contributed by atoms with Crippen LogP contribution in [0.15, 0.2) is 158 Å². The van der Waals surface area contributed by atoms with Crippen LogP contribution in [0.3, 0.4) is 0 Å². The molecule has 58 heavy (non-hydrogen) atoms. The SMILES string of the molecule is CCC(C)(CC)Oc1ccc(C(C)(c2ccccc2)c2ccc(Oc3ccc(-c4nc(-c5ccccc5)nc(-c5ccc(C(C)(CC)CC)cc5)n4)cc3)cc2)cc1. The zero-order valence-corrected chi connectivity index (χ0v) is 35.0. The van der Waals surface area contributed by atoms with E-state index in [0.29, 0.717) is 17.5 Å². The number of hydrogen-bond donors (Lipinski definition) is 0. The second kappa shape index (κ2) is 17.2. The highest BCUT2D eigenvalue weighted by atomic mass is 16.5. The van der Waals surface area contributed by atoms with Crippen molar-refractivity contribution in [2.75, 3.05) is 0 Å². The zero-order valence-electron chi connectivity index (χ0n) is 35.0. The van der Waals surface area contributed by atoms with Crippen molar-refractivity contribution in [1.29, 1.82) is 0 Å². The van der Waals surface area contributed by atoms with Gasteiger partial charge in [-0.25, -0.2) is 15.0 Å². The zero-order chi connectivity index (χ0) is 40.8. The molecule has 0 N–H and O–H groups in total. The van der Waals surface area contributed by atoms with Gasteiger partial charge < -0.3 is 9.47 Å². The summed E-state index contributed by atoms with van der Waals surface area (Å²) in [6, 6.07) is 54.5. The van der Waals surface area contributed by atoms with Crippen molar-refractivity contribution in [3.63, 3.8) is 0 Å². The summed E-state index contributed by atoms with van der Waals surface area (Å²) in [5.41, 5.74) is 7.25. The van der Waals surface area contributed by atoms with Crippen LogP contribution >= 0.6 is 0 Å². The smallest absolute Gasteiger partial charge is 0.164 e. The molecule has 7 rings (SSSR count). The fraction of sp³-hybridized carbons (Fsp3) is 0.264. The van der Waals surface area contributed by atoms with Crippen molar-refractivity contribution in [3.8, 4) is 51.4 Å². The standard InChI is InChI=1S/C53H55N3O2/c1-8-51(5,9-2)41-26-22-39(23-27-41)49-54-48(38-18-14-12-15-19-38)55-50(56-49)40-24-32-45(33-25-40)57-46-34-28-43(29-35-46)53(7,42-20-16-13-17-21-42)44-30-36-47(37-31-44)58-52(6,10-3)11-4/h12-37H,8-11H2,1-7H3. The fourth-order valence-electron chi connectivity index (χ4n) is 7.50. The van der Waals surface area contributed by atoms with Crippen LogP contribution in [0, 0.1) is 0 Å². The van der Waals surface area contributed by atoms with E-state index in [1.165, 1.54) is 22.3 Å². The lowest BCUT2D eigenvalue weighted by Crippen LogP contribution is -2.30. The second-order valence-corrected chi connectivity index (χ2v) is 15.9. The average Bonchev–Trinajstić information content (AvgIpc) is 3.29. The maximum Gasteiger partial charge on any atom is 0.164 e. The average molecular weight is 766 g/mol. The third-order valence-electron chi connectivity index (χ3n) is 12.5. The van der Waals surface area contributed by atoms with Crippen LogP contribution in [0.1, 0.15) is 96.4 Å². The van der Waals surface area contributed by atoms with Gasteiger partial charge in [-0.3, -0.25) is 0 Å². The van der Waals surface area contributed by atoms with Crippen molar-refractivity contribution < 1.29 is 9.47 Å². The Balaban J connectivity index is 1.14. The summed E-state index contributed by atoms with van der Waals surface area (Å²) in [7, 11) is 0. The van der Waals surface area contributed by atoms with E-state index < -0.39 is 5.41 Å².